The highest BCUT2D eigenvalue weighted by atomic mass is 16.5. The van der Waals surface area contributed by atoms with E-state index in [4.69, 9.17) is 4.74 Å². The van der Waals surface area contributed by atoms with E-state index in [0.29, 0.717) is 6.61 Å². The van der Waals surface area contributed by atoms with E-state index in [9.17, 15) is 0 Å². The van der Waals surface area contributed by atoms with Crippen LogP contribution in [0.25, 0.3) is 0 Å². The van der Waals surface area contributed by atoms with Crippen molar-refractivity contribution in [3.63, 3.8) is 0 Å². The van der Waals surface area contributed by atoms with Gasteiger partial charge in [0.15, 0.2) is 0 Å². The molecule has 1 aromatic heterocycles. The van der Waals surface area contributed by atoms with E-state index in [-0.39, 0.29) is 0 Å². The minimum Gasteiger partial charge on any atom is -0.454 e. The van der Waals surface area contributed by atoms with E-state index in [1.807, 2.05) is 48.1 Å². The van der Waals surface area contributed by atoms with Gasteiger partial charge in [0.05, 0.1) is 6.20 Å². The summed E-state index contributed by atoms with van der Waals surface area (Å²) in [5.74, 6) is 0.845. The average molecular weight is 199 g/mol. The first kappa shape index (κ1) is 9.71. The summed E-state index contributed by atoms with van der Waals surface area (Å²) >= 11 is 0. The Kier molecular flexibility index (Phi) is 2.98. The van der Waals surface area contributed by atoms with Crippen LogP contribution in [0.15, 0.2) is 48.7 Å². The molecule has 2 rings (SSSR count). The zero-order valence-corrected chi connectivity index (χ0v) is 8.68. The largest absolute Gasteiger partial charge is 0.454 e. The Morgan fingerprint density at radius 2 is 2.00 bits per heavy atom. The molecule has 0 saturated carbocycles. The van der Waals surface area contributed by atoms with Crippen LogP contribution in [0.2, 0.25) is 0 Å². The summed E-state index contributed by atoms with van der Waals surface area (Å²) in [5, 5.41) is 0. The predicted molar refractivity (Wildman–Crippen MR) is 57.2 cm³/mol. The molecule has 0 atom stereocenters. The van der Waals surface area contributed by atoms with Crippen LogP contribution < -0.4 is 9.30 Å². The Bertz CT molecular complexity index is 426. The fourth-order valence-electron chi connectivity index (χ4n) is 1.34. The molecule has 2 nitrogen and oxygen atoms in total. The first-order valence-corrected chi connectivity index (χ1v) is 4.89. The molecule has 0 unspecified atom stereocenters. The van der Waals surface area contributed by atoms with Crippen LogP contribution in [0.3, 0.4) is 0 Å². The minimum absolute atomic E-state index is 0.596. The molecule has 0 saturated heterocycles. The topological polar surface area (TPSA) is 13.1 Å². The second-order valence-corrected chi connectivity index (χ2v) is 3.35. The van der Waals surface area contributed by atoms with Crippen molar-refractivity contribution in [2.24, 2.45) is 7.05 Å². The van der Waals surface area contributed by atoms with Crippen molar-refractivity contribution < 1.29 is 9.30 Å². The molecular weight excluding hydrogens is 186 g/mol. The minimum atomic E-state index is 0.596. The Hall–Kier alpha value is -1.83. The van der Waals surface area contributed by atoms with Crippen LogP contribution in [0.1, 0.15) is 5.56 Å². The van der Waals surface area contributed by atoms with Crippen molar-refractivity contribution in [2.45, 2.75) is 6.61 Å². The van der Waals surface area contributed by atoms with E-state index in [1.54, 1.807) is 0 Å². The first-order chi connectivity index (χ1) is 7.36. The third kappa shape index (κ3) is 2.56. The zero-order valence-electron chi connectivity index (χ0n) is 8.68. The van der Waals surface area contributed by atoms with E-state index >= 15 is 0 Å². The maximum atomic E-state index is 5.67. The molecule has 0 aliphatic heterocycles. The Labute approximate surface area is 89.8 Å². The molecule has 0 spiro atoms. The Morgan fingerprint density at radius 1 is 1.20 bits per heavy atom. The lowest BCUT2D eigenvalue weighted by atomic mass is 10.2. The lowest BCUT2D eigenvalue weighted by Crippen LogP contribution is -2.29. The summed E-state index contributed by atoms with van der Waals surface area (Å²) in [6, 6.07) is 16.9. The lowest BCUT2D eigenvalue weighted by molar-refractivity contribution is -0.677. The van der Waals surface area contributed by atoms with Gasteiger partial charge in [0.1, 0.15) is 13.7 Å². The van der Waals surface area contributed by atoms with E-state index in [1.165, 1.54) is 5.56 Å². The Balaban J connectivity index is 2.03. The van der Waals surface area contributed by atoms with Crippen LogP contribution in [-0.4, -0.2) is 0 Å². The van der Waals surface area contributed by atoms with Gasteiger partial charge in [0.2, 0.25) is 0 Å². The summed E-state index contributed by atoms with van der Waals surface area (Å²) in [4.78, 5) is 0. The van der Waals surface area contributed by atoms with Gasteiger partial charge in [-0.1, -0.05) is 36.4 Å². The maximum absolute atomic E-state index is 5.67. The van der Waals surface area contributed by atoms with E-state index < -0.39 is 0 Å². The molecule has 0 aliphatic rings. The number of benzene rings is 1. The first-order valence-electron chi connectivity index (χ1n) is 4.89. The molecule has 2 heteroatoms. The summed E-state index contributed by atoms with van der Waals surface area (Å²) < 4.78 is 7.57. The molecule has 0 bridgehead atoms. The van der Waals surface area contributed by atoms with Crippen LogP contribution in [-0.2, 0) is 13.7 Å². The standard InChI is InChI=1S/C13H13NO/c1-14-10-6-5-9-13(14)15-11-12-7-3-2-4-8-12/h2-5,7-10H,11H2,1H3. The molecule has 0 radical (unpaired) electrons. The fraction of sp³-hybridized carbons (Fsp3) is 0.154. The number of pyridine rings is 1. The van der Waals surface area contributed by atoms with Crippen LogP contribution >= 0.6 is 0 Å². The lowest BCUT2D eigenvalue weighted by Gasteiger charge is -2.06. The van der Waals surface area contributed by atoms with Crippen LogP contribution in [0.4, 0.5) is 0 Å². The molecule has 15 heavy (non-hydrogen) atoms. The van der Waals surface area contributed by atoms with E-state index in [2.05, 4.69) is 18.2 Å². The molecule has 0 fully saturated rings. The smallest absolute Gasteiger partial charge is 0.282 e. The van der Waals surface area contributed by atoms with Gasteiger partial charge in [0.25, 0.3) is 5.88 Å². The van der Waals surface area contributed by atoms with Crippen molar-refractivity contribution in [1.29, 1.82) is 0 Å². The van der Waals surface area contributed by atoms with Gasteiger partial charge in [0, 0.05) is 0 Å². The van der Waals surface area contributed by atoms with E-state index in [0.717, 1.165) is 5.88 Å². The molecular formula is C13H13NO. The number of aromatic nitrogens is 1. The van der Waals surface area contributed by atoms with Crippen molar-refractivity contribution in [3.8, 4) is 5.88 Å². The molecule has 2 aromatic rings. The summed E-state index contributed by atoms with van der Waals surface area (Å²) in [7, 11) is 1.94. The predicted octanol–water partition coefficient (Wildman–Crippen LogP) is 1.89. The van der Waals surface area contributed by atoms with Crippen molar-refractivity contribution in [1.82, 2.24) is 0 Å². The third-order valence-electron chi connectivity index (χ3n) is 2.17. The number of aryl methyl sites for hydroxylation is 1. The van der Waals surface area contributed by atoms with Gasteiger partial charge in [-0.2, -0.15) is 6.07 Å². The molecule has 0 aliphatic carbocycles. The zero-order chi connectivity index (χ0) is 10.5. The highest BCUT2D eigenvalue weighted by molar-refractivity contribution is 5.14. The monoisotopic (exact) mass is 199 g/mol. The van der Waals surface area contributed by atoms with Crippen LogP contribution in [0.5, 0.6) is 5.88 Å². The fourth-order valence-corrected chi connectivity index (χ4v) is 1.34. The van der Waals surface area contributed by atoms with Gasteiger partial charge in [-0.05, 0) is 5.56 Å². The summed E-state index contributed by atoms with van der Waals surface area (Å²) in [5.41, 5.74) is 1.17. The van der Waals surface area contributed by atoms with Gasteiger partial charge in [-0.15, -0.1) is 0 Å². The number of rotatable bonds is 3. The van der Waals surface area contributed by atoms with Gasteiger partial charge in [-0.3, -0.25) is 0 Å². The number of nitrogens with zero attached hydrogens (tertiary/aromatic N) is 1. The molecule has 0 amide bonds. The van der Waals surface area contributed by atoms with Gasteiger partial charge < -0.3 is 4.74 Å². The number of hydrogen-bond donors (Lipinski definition) is 0. The molecule has 0 N–H and O–H groups in total. The highest BCUT2D eigenvalue weighted by Crippen LogP contribution is 2.05. The highest BCUT2D eigenvalue weighted by Gasteiger charge is 1.99. The summed E-state index contributed by atoms with van der Waals surface area (Å²) in [6.45, 7) is 0.596. The second kappa shape index (κ2) is 4.60. The number of ether oxygens (including phenoxy) is 1. The van der Waals surface area contributed by atoms with Crippen molar-refractivity contribution >= 4 is 0 Å². The Morgan fingerprint density at radius 3 is 2.73 bits per heavy atom. The quantitative estimate of drug-likeness (QED) is 0.543. The molecule has 1 heterocycles. The van der Waals surface area contributed by atoms with Crippen molar-refractivity contribution in [2.75, 3.05) is 0 Å². The van der Waals surface area contributed by atoms with Gasteiger partial charge in [-0.25, -0.2) is 10.6 Å². The average Bonchev–Trinajstić information content (AvgIpc) is 2.29. The molecule has 76 valence electrons. The third-order valence-corrected chi connectivity index (χ3v) is 2.17. The maximum Gasteiger partial charge on any atom is 0.282 e. The normalized spacial score (nSPS) is 9.93. The SMILES string of the molecule is C[n+]1c[c-]ccc1OCc1ccccc1. The second-order valence-electron chi connectivity index (χ2n) is 3.35. The van der Waals surface area contributed by atoms with Crippen molar-refractivity contribution in [3.05, 3.63) is 60.3 Å². The molecule has 1 aromatic carbocycles. The number of hydrogen-bond acceptors (Lipinski definition) is 1. The summed E-state index contributed by atoms with van der Waals surface area (Å²) in [6.07, 6.45) is 1.85. The van der Waals surface area contributed by atoms with Gasteiger partial charge >= 0.3 is 0 Å². The van der Waals surface area contributed by atoms with Crippen LogP contribution in [0, 0.1) is 6.07 Å².